The lowest BCUT2D eigenvalue weighted by atomic mass is 9.88. The summed E-state index contributed by atoms with van der Waals surface area (Å²) in [6.07, 6.45) is 4.93. The predicted molar refractivity (Wildman–Crippen MR) is 80.4 cm³/mol. The Labute approximate surface area is 117 Å². The Morgan fingerprint density at radius 3 is 2.89 bits per heavy atom. The average molecular weight is 261 g/mol. The first kappa shape index (κ1) is 14.5. The largest absolute Gasteiger partial charge is 0.373 e. The molecule has 2 heteroatoms. The highest BCUT2D eigenvalue weighted by molar-refractivity contribution is 5.31. The second-order valence-corrected chi connectivity index (χ2v) is 5.71. The lowest BCUT2D eigenvalue weighted by Crippen LogP contribution is -2.35. The van der Waals surface area contributed by atoms with Gasteiger partial charge in [0.25, 0.3) is 0 Å². The average Bonchev–Trinajstić information content (AvgIpc) is 2.45. The summed E-state index contributed by atoms with van der Waals surface area (Å²) in [6.45, 7) is 5.47. The van der Waals surface area contributed by atoms with E-state index in [9.17, 15) is 0 Å². The Morgan fingerprint density at radius 2 is 2.16 bits per heavy atom. The second kappa shape index (κ2) is 7.06. The molecule has 106 valence electrons. The van der Waals surface area contributed by atoms with E-state index in [0.717, 1.165) is 19.4 Å². The number of fused-ring (bicyclic) bond motifs is 1. The molecule has 1 aliphatic heterocycles. The summed E-state index contributed by atoms with van der Waals surface area (Å²) in [7, 11) is 2.07. The van der Waals surface area contributed by atoms with Gasteiger partial charge in [0.2, 0.25) is 0 Å². The van der Waals surface area contributed by atoms with Crippen molar-refractivity contribution in [3.63, 3.8) is 0 Å². The van der Waals surface area contributed by atoms with Crippen LogP contribution in [0.2, 0.25) is 0 Å². The fourth-order valence-corrected chi connectivity index (χ4v) is 3.19. The topological polar surface area (TPSA) is 21.3 Å². The smallest absolute Gasteiger partial charge is 0.0842 e. The van der Waals surface area contributed by atoms with Crippen molar-refractivity contribution in [3.05, 3.63) is 35.4 Å². The van der Waals surface area contributed by atoms with E-state index in [1.54, 1.807) is 0 Å². The molecule has 19 heavy (non-hydrogen) atoms. The molecule has 1 aromatic carbocycles. The lowest BCUT2D eigenvalue weighted by Gasteiger charge is -2.31. The SMILES string of the molecule is CCCC(C)C(CC1OCCc2ccccc21)NC. The molecule has 0 saturated heterocycles. The van der Waals surface area contributed by atoms with Gasteiger partial charge in [-0.25, -0.2) is 0 Å². The molecule has 0 aromatic heterocycles. The quantitative estimate of drug-likeness (QED) is 0.843. The molecule has 2 rings (SSSR count). The van der Waals surface area contributed by atoms with E-state index in [-0.39, 0.29) is 6.10 Å². The highest BCUT2D eigenvalue weighted by Crippen LogP contribution is 2.32. The van der Waals surface area contributed by atoms with Crippen LogP contribution in [0.3, 0.4) is 0 Å². The maximum atomic E-state index is 6.03. The fraction of sp³-hybridized carbons (Fsp3) is 0.647. The van der Waals surface area contributed by atoms with Gasteiger partial charge < -0.3 is 10.1 Å². The van der Waals surface area contributed by atoms with Crippen LogP contribution in [0.15, 0.2) is 24.3 Å². The van der Waals surface area contributed by atoms with Crippen molar-refractivity contribution < 1.29 is 4.74 Å². The van der Waals surface area contributed by atoms with Gasteiger partial charge in [-0.15, -0.1) is 0 Å². The summed E-state index contributed by atoms with van der Waals surface area (Å²) in [5, 5.41) is 3.48. The van der Waals surface area contributed by atoms with Crippen LogP contribution < -0.4 is 5.32 Å². The summed E-state index contributed by atoms with van der Waals surface area (Å²) in [6, 6.07) is 9.28. The molecule has 0 radical (unpaired) electrons. The van der Waals surface area contributed by atoms with Crippen molar-refractivity contribution in [1.82, 2.24) is 5.32 Å². The van der Waals surface area contributed by atoms with Gasteiger partial charge in [0, 0.05) is 6.04 Å². The van der Waals surface area contributed by atoms with Crippen molar-refractivity contribution in [1.29, 1.82) is 0 Å². The van der Waals surface area contributed by atoms with Gasteiger partial charge in [-0.05, 0) is 43.4 Å². The highest BCUT2D eigenvalue weighted by Gasteiger charge is 2.25. The Hall–Kier alpha value is -0.860. The summed E-state index contributed by atoms with van der Waals surface area (Å²) in [5.41, 5.74) is 2.87. The van der Waals surface area contributed by atoms with Gasteiger partial charge in [0.1, 0.15) is 0 Å². The number of hydrogen-bond donors (Lipinski definition) is 1. The normalized spacial score (nSPS) is 21.7. The third-order valence-corrected chi connectivity index (χ3v) is 4.36. The standard InChI is InChI=1S/C17H27NO/c1-4-7-13(2)16(18-3)12-17-15-9-6-5-8-14(15)10-11-19-17/h5-6,8-9,13,16-18H,4,7,10-12H2,1-3H3. The van der Waals surface area contributed by atoms with Crippen LogP contribution in [0.4, 0.5) is 0 Å². The second-order valence-electron chi connectivity index (χ2n) is 5.71. The van der Waals surface area contributed by atoms with Gasteiger partial charge in [0.05, 0.1) is 12.7 Å². The van der Waals surface area contributed by atoms with Crippen molar-refractivity contribution in [2.24, 2.45) is 5.92 Å². The molecule has 1 aliphatic rings. The maximum Gasteiger partial charge on any atom is 0.0842 e. The van der Waals surface area contributed by atoms with E-state index in [1.807, 2.05) is 0 Å². The van der Waals surface area contributed by atoms with Crippen LogP contribution in [-0.2, 0) is 11.2 Å². The number of ether oxygens (including phenoxy) is 1. The molecule has 3 atom stereocenters. The molecule has 0 saturated carbocycles. The van der Waals surface area contributed by atoms with Crippen LogP contribution in [0.25, 0.3) is 0 Å². The molecule has 0 aliphatic carbocycles. The third kappa shape index (κ3) is 3.58. The van der Waals surface area contributed by atoms with E-state index in [1.165, 1.54) is 24.0 Å². The number of hydrogen-bond acceptors (Lipinski definition) is 2. The molecule has 0 spiro atoms. The zero-order chi connectivity index (χ0) is 13.7. The summed E-state index contributed by atoms with van der Waals surface area (Å²) in [4.78, 5) is 0. The minimum absolute atomic E-state index is 0.265. The fourth-order valence-electron chi connectivity index (χ4n) is 3.19. The molecule has 3 unspecified atom stereocenters. The maximum absolute atomic E-state index is 6.03. The molecular weight excluding hydrogens is 234 g/mol. The van der Waals surface area contributed by atoms with E-state index in [0.29, 0.717) is 12.0 Å². The van der Waals surface area contributed by atoms with Crippen LogP contribution in [0.5, 0.6) is 0 Å². The van der Waals surface area contributed by atoms with Gasteiger partial charge in [-0.1, -0.05) is 44.5 Å². The number of rotatable bonds is 6. The molecule has 0 amide bonds. The Balaban J connectivity index is 2.06. The van der Waals surface area contributed by atoms with Crippen molar-refractivity contribution in [2.45, 2.75) is 51.7 Å². The molecular formula is C17H27NO. The highest BCUT2D eigenvalue weighted by atomic mass is 16.5. The first-order valence-corrected chi connectivity index (χ1v) is 7.63. The lowest BCUT2D eigenvalue weighted by molar-refractivity contribution is 0.0254. The van der Waals surface area contributed by atoms with Crippen LogP contribution in [0, 0.1) is 5.92 Å². The van der Waals surface area contributed by atoms with E-state index >= 15 is 0 Å². The molecule has 1 aromatic rings. The Kier molecular flexibility index (Phi) is 5.41. The molecule has 1 N–H and O–H groups in total. The zero-order valence-corrected chi connectivity index (χ0v) is 12.5. The minimum atomic E-state index is 0.265. The van der Waals surface area contributed by atoms with Crippen molar-refractivity contribution in [2.75, 3.05) is 13.7 Å². The Morgan fingerprint density at radius 1 is 1.37 bits per heavy atom. The van der Waals surface area contributed by atoms with Crippen LogP contribution >= 0.6 is 0 Å². The van der Waals surface area contributed by atoms with E-state index < -0.39 is 0 Å². The van der Waals surface area contributed by atoms with Gasteiger partial charge in [0.15, 0.2) is 0 Å². The monoisotopic (exact) mass is 261 g/mol. The first-order valence-electron chi connectivity index (χ1n) is 7.63. The van der Waals surface area contributed by atoms with Crippen LogP contribution in [0.1, 0.15) is 50.3 Å². The predicted octanol–water partition coefficient (Wildman–Crippen LogP) is 3.71. The third-order valence-electron chi connectivity index (χ3n) is 4.36. The van der Waals surface area contributed by atoms with Crippen LogP contribution in [-0.4, -0.2) is 19.7 Å². The molecule has 0 fully saturated rings. The number of benzene rings is 1. The van der Waals surface area contributed by atoms with Gasteiger partial charge >= 0.3 is 0 Å². The Bertz CT molecular complexity index is 391. The molecule has 1 heterocycles. The zero-order valence-electron chi connectivity index (χ0n) is 12.5. The van der Waals surface area contributed by atoms with Gasteiger partial charge in [-0.2, -0.15) is 0 Å². The van der Waals surface area contributed by atoms with Crippen molar-refractivity contribution in [3.8, 4) is 0 Å². The van der Waals surface area contributed by atoms with E-state index in [4.69, 9.17) is 4.74 Å². The first-order chi connectivity index (χ1) is 9.26. The molecule has 2 nitrogen and oxygen atoms in total. The summed E-state index contributed by atoms with van der Waals surface area (Å²) in [5.74, 6) is 0.702. The number of nitrogens with one attached hydrogen (secondary N) is 1. The molecule has 0 bridgehead atoms. The summed E-state index contributed by atoms with van der Waals surface area (Å²) >= 11 is 0. The minimum Gasteiger partial charge on any atom is -0.373 e. The summed E-state index contributed by atoms with van der Waals surface area (Å²) < 4.78 is 6.03. The van der Waals surface area contributed by atoms with Crippen molar-refractivity contribution >= 4 is 0 Å². The van der Waals surface area contributed by atoms with E-state index in [2.05, 4.69) is 50.5 Å². The van der Waals surface area contributed by atoms with Gasteiger partial charge in [-0.3, -0.25) is 0 Å².